The van der Waals surface area contributed by atoms with Gasteiger partial charge in [0.1, 0.15) is 0 Å². The van der Waals surface area contributed by atoms with Gasteiger partial charge >= 0.3 is 0 Å². The van der Waals surface area contributed by atoms with Crippen molar-refractivity contribution in [2.45, 2.75) is 181 Å². The fourth-order valence-corrected chi connectivity index (χ4v) is 5.31. The van der Waals surface area contributed by atoms with Gasteiger partial charge in [-0.25, -0.2) is 0 Å². The average Bonchev–Trinajstić information content (AvgIpc) is 2.78. The van der Waals surface area contributed by atoms with Gasteiger partial charge in [-0.1, -0.05) is 168 Å². The zero-order valence-corrected chi connectivity index (χ0v) is 22.9. The Bertz CT molecular complexity index is 260. The Morgan fingerprint density at radius 2 is 0.645 bits per heavy atom. The maximum Gasteiger partial charge on any atom is 0.0166 e. The smallest absolute Gasteiger partial charge is 0.0166 e. The summed E-state index contributed by atoms with van der Waals surface area (Å²) >= 11 is 2.09. The SMILES string of the molecule is CCCCCCCCCCCCCCCCC[CH]SCCCCCCCCCCCC. The van der Waals surface area contributed by atoms with Gasteiger partial charge in [0, 0.05) is 5.75 Å². The standard InChI is InChI=1S/C30H61S/c1-3-5-7-9-11-13-15-16-17-18-19-20-22-24-26-28-30-31-29-27-25-23-21-14-12-10-8-6-4-2/h30H,3-29H2,1-2H3. The number of hydrogen-bond donors (Lipinski definition) is 0. The lowest BCUT2D eigenvalue weighted by molar-refractivity contribution is 0.532. The minimum absolute atomic E-state index is 1.33. The van der Waals surface area contributed by atoms with E-state index in [0.29, 0.717) is 0 Å². The molecular weight excluding hydrogens is 392 g/mol. The van der Waals surface area contributed by atoms with Crippen molar-refractivity contribution in [1.82, 2.24) is 0 Å². The van der Waals surface area contributed by atoms with Crippen molar-refractivity contribution in [3.63, 3.8) is 0 Å². The zero-order valence-electron chi connectivity index (χ0n) is 22.1. The Hall–Kier alpha value is 0.350. The molecule has 0 aromatic heterocycles. The van der Waals surface area contributed by atoms with Gasteiger partial charge in [0.2, 0.25) is 0 Å². The number of hydrogen-bond acceptors (Lipinski definition) is 1. The average molecular weight is 454 g/mol. The van der Waals surface area contributed by atoms with E-state index in [0.717, 1.165) is 0 Å². The number of thioether (sulfide) groups is 1. The third-order valence-corrected chi connectivity index (χ3v) is 7.65. The fraction of sp³-hybridized carbons (Fsp3) is 0.967. The van der Waals surface area contributed by atoms with Crippen LogP contribution in [0.15, 0.2) is 0 Å². The van der Waals surface area contributed by atoms with Gasteiger partial charge in [0.25, 0.3) is 0 Å². The normalized spacial score (nSPS) is 11.4. The van der Waals surface area contributed by atoms with Crippen molar-refractivity contribution in [2.24, 2.45) is 0 Å². The van der Waals surface area contributed by atoms with Crippen molar-refractivity contribution < 1.29 is 0 Å². The van der Waals surface area contributed by atoms with E-state index in [1.165, 1.54) is 173 Å². The molecule has 0 nitrogen and oxygen atoms in total. The lowest BCUT2D eigenvalue weighted by atomic mass is 10.0. The molecule has 0 aliphatic carbocycles. The van der Waals surface area contributed by atoms with Gasteiger partial charge in [-0.05, 0) is 18.6 Å². The molecule has 0 aliphatic heterocycles. The summed E-state index contributed by atoms with van der Waals surface area (Å²) in [6.45, 7) is 4.61. The van der Waals surface area contributed by atoms with Crippen LogP contribution in [0.4, 0.5) is 0 Å². The predicted molar refractivity (Wildman–Crippen MR) is 148 cm³/mol. The van der Waals surface area contributed by atoms with Crippen molar-refractivity contribution >= 4 is 11.8 Å². The van der Waals surface area contributed by atoms with E-state index in [1.54, 1.807) is 0 Å². The predicted octanol–water partition coefficient (Wildman–Crippen LogP) is 12.1. The summed E-state index contributed by atoms with van der Waals surface area (Å²) in [4.78, 5) is 0. The second kappa shape index (κ2) is 30.4. The molecule has 0 aromatic carbocycles. The van der Waals surface area contributed by atoms with E-state index >= 15 is 0 Å². The zero-order chi connectivity index (χ0) is 22.5. The third-order valence-electron chi connectivity index (χ3n) is 6.66. The summed E-state index contributed by atoms with van der Waals surface area (Å²) in [6, 6.07) is 0. The molecule has 187 valence electrons. The highest BCUT2D eigenvalue weighted by Crippen LogP contribution is 2.18. The molecule has 1 heteroatoms. The minimum atomic E-state index is 1.33. The topological polar surface area (TPSA) is 0 Å². The van der Waals surface area contributed by atoms with Crippen LogP contribution in [-0.2, 0) is 0 Å². The van der Waals surface area contributed by atoms with E-state index in [-0.39, 0.29) is 0 Å². The van der Waals surface area contributed by atoms with Crippen LogP contribution in [0.1, 0.15) is 181 Å². The molecule has 0 unspecified atom stereocenters. The number of unbranched alkanes of at least 4 members (excludes halogenated alkanes) is 24. The lowest BCUT2D eigenvalue weighted by Gasteiger charge is -2.04. The molecule has 0 aromatic rings. The van der Waals surface area contributed by atoms with Gasteiger partial charge in [0.15, 0.2) is 0 Å². The van der Waals surface area contributed by atoms with Crippen LogP contribution in [0.5, 0.6) is 0 Å². The molecule has 0 bridgehead atoms. The molecule has 31 heavy (non-hydrogen) atoms. The molecule has 0 spiro atoms. The highest BCUT2D eigenvalue weighted by molar-refractivity contribution is 8.01. The Kier molecular flexibility index (Phi) is 30.7. The lowest BCUT2D eigenvalue weighted by Crippen LogP contribution is -1.85. The third kappa shape index (κ3) is 30.4. The summed E-state index contributed by atoms with van der Waals surface area (Å²) in [5.41, 5.74) is 0. The van der Waals surface area contributed by atoms with E-state index < -0.39 is 0 Å². The maximum atomic E-state index is 2.50. The first-order valence-electron chi connectivity index (χ1n) is 14.8. The Morgan fingerprint density at radius 1 is 0.355 bits per heavy atom. The maximum absolute atomic E-state index is 2.50. The van der Waals surface area contributed by atoms with Crippen LogP contribution >= 0.6 is 11.8 Å². The first-order chi connectivity index (χ1) is 15.4. The fourth-order valence-electron chi connectivity index (χ4n) is 4.44. The van der Waals surface area contributed by atoms with Crippen LogP contribution in [-0.4, -0.2) is 5.75 Å². The van der Waals surface area contributed by atoms with Crippen LogP contribution in [0.3, 0.4) is 0 Å². The second-order valence-corrected chi connectivity index (χ2v) is 11.0. The molecule has 0 heterocycles. The molecule has 0 rings (SSSR count). The summed E-state index contributed by atoms with van der Waals surface area (Å²) in [5.74, 6) is 3.85. The van der Waals surface area contributed by atoms with E-state index in [4.69, 9.17) is 0 Å². The van der Waals surface area contributed by atoms with Gasteiger partial charge in [-0.3, -0.25) is 0 Å². The van der Waals surface area contributed by atoms with Crippen LogP contribution in [0, 0.1) is 5.75 Å². The van der Waals surface area contributed by atoms with Crippen molar-refractivity contribution in [1.29, 1.82) is 0 Å². The second-order valence-electron chi connectivity index (χ2n) is 9.96. The molecule has 0 amide bonds. The van der Waals surface area contributed by atoms with Gasteiger partial charge in [0.05, 0.1) is 0 Å². The number of rotatable bonds is 28. The highest BCUT2D eigenvalue weighted by Gasteiger charge is 1.96. The Balaban J connectivity index is 2.98. The van der Waals surface area contributed by atoms with Crippen molar-refractivity contribution in [2.75, 3.05) is 5.75 Å². The Morgan fingerprint density at radius 3 is 1.00 bits per heavy atom. The first kappa shape index (κ1) is 31.4. The highest BCUT2D eigenvalue weighted by atomic mass is 32.2. The van der Waals surface area contributed by atoms with Gasteiger partial charge in [-0.2, -0.15) is 11.8 Å². The molecule has 1 radical (unpaired) electrons. The summed E-state index contributed by atoms with van der Waals surface area (Å²) in [5, 5.41) is 0. The summed E-state index contributed by atoms with van der Waals surface area (Å²) in [6.07, 6.45) is 37.8. The summed E-state index contributed by atoms with van der Waals surface area (Å²) in [7, 11) is 0. The van der Waals surface area contributed by atoms with Crippen LogP contribution in [0.2, 0.25) is 0 Å². The minimum Gasteiger partial charge on any atom is -0.157 e. The van der Waals surface area contributed by atoms with Crippen LogP contribution < -0.4 is 0 Å². The first-order valence-corrected chi connectivity index (χ1v) is 15.9. The van der Waals surface area contributed by atoms with E-state index in [9.17, 15) is 0 Å². The quantitative estimate of drug-likeness (QED) is 0.106. The summed E-state index contributed by atoms with van der Waals surface area (Å²) < 4.78 is 0. The van der Waals surface area contributed by atoms with Crippen molar-refractivity contribution in [3.8, 4) is 0 Å². The molecule has 0 saturated carbocycles. The van der Waals surface area contributed by atoms with Crippen molar-refractivity contribution in [3.05, 3.63) is 5.75 Å². The molecule has 0 atom stereocenters. The molecule has 0 saturated heterocycles. The van der Waals surface area contributed by atoms with Gasteiger partial charge < -0.3 is 0 Å². The van der Waals surface area contributed by atoms with Gasteiger partial charge in [-0.15, -0.1) is 0 Å². The van der Waals surface area contributed by atoms with Crippen LogP contribution in [0.25, 0.3) is 0 Å². The molecular formula is C30H61S. The van der Waals surface area contributed by atoms with E-state index in [2.05, 4.69) is 31.4 Å². The largest absolute Gasteiger partial charge is 0.157 e. The molecule has 0 N–H and O–H groups in total. The molecule has 0 fully saturated rings. The Labute approximate surface area is 203 Å². The molecule has 0 aliphatic rings. The van der Waals surface area contributed by atoms with E-state index in [1.807, 2.05) is 0 Å². The monoisotopic (exact) mass is 453 g/mol.